The number of aromatic amines is 1. The van der Waals surface area contributed by atoms with E-state index in [1.165, 1.54) is 43.7 Å². The molecule has 0 spiro atoms. The summed E-state index contributed by atoms with van der Waals surface area (Å²) in [7, 11) is -3.79. The highest BCUT2D eigenvalue weighted by molar-refractivity contribution is 7.94. The molecule has 3 aromatic heterocycles. The number of fused-ring (bicyclic) bond motifs is 1. The lowest BCUT2D eigenvalue weighted by Gasteiger charge is -2.26. The van der Waals surface area contributed by atoms with Crippen LogP contribution in [0.4, 0.5) is 5.69 Å². The van der Waals surface area contributed by atoms with Crippen molar-refractivity contribution in [3.63, 3.8) is 0 Å². The van der Waals surface area contributed by atoms with Gasteiger partial charge in [-0.3, -0.25) is 9.59 Å². The summed E-state index contributed by atoms with van der Waals surface area (Å²) >= 11 is 6.71. The van der Waals surface area contributed by atoms with Gasteiger partial charge in [-0.2, -0.15) is 0 Å². The highest BCUT2D eigenvalue weighted by atomic mass is 35.5. The number of nitrogens with zero attached hydrogens (tertiary/aromatic N) is 3. The molecule has 10 nitrogen and oxygen atoms in total. The SMILES string of the molecule is O=C(Cc1ccc(-n2c(=O)[nH]c3cc(NCCN4CCCCC4)ccc3c2=O)nc1)CS(=O)(=O)c1ccc(Cl)s1. The minimum absolute atomic E-state index is 0.0366. The van der Waals surface area contributed by atoms with E-state index in [9.17, 15) is 22.8 Å². The van der Waals surface area contributed by atoms with E-state index >= 15 is 0 Å². The minimum Gasteiger partial charge on any atom is -0.384 e. The number of carbonyl (C=O) groups is 1. The molecule has 0 amide bonds. The van der Waals surface area contributed by atoms with Crippen LogP contribution in [0.3, 0.4) is 0 Å². The molecule has 0 atom stereocenters. The number of hydrogen-bond acceptors (Lipinski definition) is 9. The third-order valence-electron chi connectivity index (χ3n) is 6.75. The standard InChI is InChI=1S/C27H28ClN5O5S2/c28-23-7-9-25(39-23)40(37,38)17-20(34)14-18-4-8-24(30-16-18)33-26(35)21-6-5-19(15-22(21)31-27(33)36)29-10-13-32-11-2-1-3-12-32/h4-9,15-16,29H,1-3,10-14,17H2,(H,31,36). The first kappa shape index (κ1) is 28.2. The zero-order valence-electron chi connectivity index (χ0n) is 21.6. The molecular formula is C27H28ClN5O5S2. The quantitative estimate of drug-likeness (QED) is 0.283. The molecular weight excluding hydrogens is 574 g/mol. The van der Waals surface area contributed by atoms with Gasteiger partial charge in [0.1, 0.15) is 15.8 Å². The van der Waals surface area contributed by atoms with Crippen LogP contribution >= 0.6 is 22.9 Å². The van der Waals surface area contributed by atoms with E-state index in [-0.39, 0.29) is 16.4 Å². The lowest BCUT2D eigenvalue weighted by atomic mass is 10.1. The largest absolute Gasteiger partial charge is 0.384 e. The highest BCUT2D eigenvalue weighted by Gasteiger charge is 2.22. The normalized spacial score (nSPS) is 14.4. The smallest absolute Gasteiger partial charge is 0.334 e. The maximum absolute atomic E-state index is 13.2. The van der Waals surface area contributed by atoms with Gasteiger partial charge in [0, 0.05) is 31.4 Å². The Kier molecular flexibility index (Phi) is 8.50. The van der Waals surface area contributed by atoms with Gasteiger partial charge in [0.15, 0.2) is 15.6 Å². The average molecular weight is 602 g/mol. The lowest BCUT2D eigenvalue weighted by molar-refractivity contribution is -0.116. The van der Waals surface area contributed by atoms with Crippen molar-refractivity contribution < 1.29 is 13.2 Å². The number of pyridine rings is 1. The Morgan fingerprint density at radius 3 is 2.58 bits per heavy atom. The second-order valence-corrected chi connectivity index (χ2v) is 13.6. The van der Waals surface area contributed by atoms with Crippen LogP contribution in [0.2, 0.25) is 4.34 Å². The zero-order valence-corrected chi connectivity index (χ0v) is 23.9. The monoisotopic (exact) mass is 601 g/mol. The molecule has 5 rings (SSSR count). The van der Waals surface area contributed by atoms with Crippen LogP contribution < -0.4 is 16.6 Å². The van der Waals surface area contributed by atoms with Crippen LogP contribution in [0.1, 0.15) is 24.8 Å². The molecule has 1 aromatic carbocycles. The Bertz CT molecular complexity index is 1760. The number of halogens is 1. The predicted octanol–water partition coefficient (Wildman–Crippen LogP) is 3.27. The van der Waals surface area contributed by atoms with Crippen molar-refractivity contribution in [2.45, 2.75) is 29.9 Å². The van der Waals surface area contributed by atoms with E-state index in [4.69, 9.17) is 11.6 Å². The number of hydrogen-bond donors (Lipinski definition) is 2. The minimum atomic E-state index is -3.79. The molecule has 0 saturated carbocycles. The molecule has 0 bridgehead atoms. The first-order chi connectivity index (χ1) is 19.2. The van der Waals surface area contributed by atoms with Crippen molar-refractivity contribution in [3.05, 3.63) is 79.4 Å². The summed E-state index contributed by atoms with van der Waals surface area (Å²) in [5, 5.41) is 3.69. The fraction of sp³-hybridized carbons (Fsp3) is 0.333. The fourth-order valence-corrected chi connectivity index (χ4v) is 7.57. The molecule has 1 aliphatic heterocycles. The van der Waals surface area contributed by atoms with Crippen molar-refractivity contribution >= 4 is 55.1 Å². The van der Waals surface area contributed by atoms with Crippen LogP contribution in [-0.4, -0.2) is 65.6 Å². The van der Waals surface area contributed by atoms with Gasteiger partial charge >= 0.3 is 5.69 Å². The van der Waals surface area contributed by atoms with Gasteiger partial charge in [0.05, 0.1) is 15.2 Å². The number of benzene rings is 1. The fourth-order valence-electron chi connectivity index (χ4n) is 4.76. The second kappa shape index (κ2) is 12.0. The van der Waals surface area contributed by atoms with Gasteiger partial charge in [-0.25, -0.2) is 22.8 Å². The Hall–Kier alpha value is -3.32. The molecule has 4 aromatic rings. The maximum Gasteiger partial charge on any atom is 0.334 e. The molecule has 0 unspecified atom stereocenters. The number of rotatable bonds is 10. The lowest BCUT2D eigenvalue weighted by Crippen LogP contribution is -2.34. The molecule has 40 heavy (non-hydrogen) atoms. The summed E-state index contributed by atoms with van der Waals surface area (Å²) in [6, 6.07) is 11.1. The van der Waals surface area contributed by atoms with E-state index in [1.807, 2.05) is 6.07 Å². The van der Waals surface area contributed by atoms with E-state index in [0.717, 1.165) is 47.8 Å². The molecule has 13 heteroatoms. The molecule has 0 aliphatic carbocycles. The van der Waals surface area contributed by atoms with Crippen LogP contribution in [0.25, 0.3) is 16.7 Å². The number of nitrogens with one attached hydrogen (secondary N) is 2. The first-order valence-electron chi connectivity index (χ1n) is 12.9. The Labute approximate surface area is 239 Å². The number of H-pyrrole nitrogens is 1. The topological polar surface area (TPSA) is 134 Å². The van der Waals surface area contributed by atoms with Crippen molar-refractivity contribution in [2.75, 3.05) is 37.2 Å². The maximum atomic E-state index is 13.2. The third kappa shape index (κ3) is 6.52. The van der Waals surface area contributed by atoms with Gasteiger partial charge in [-0.05, 0) is 67.9 Å². The highest BCUT2D eigenvalue weighted by Crippen LogP contribution is 2.26. The van der Waals surface area contributed by atoms with Crippen molar-refractivity contribution in [1.82, 2.24) is 19.4 Å². The van der Waals surface area contributed by atoms with Crippen LogP contribution in [-0.2, 0) is 21.1 Å². The Morgan fingerprint density at radius 2 is 1.88 bits per heavy atom. The molecule has 1 saturated heterocycles. The molecule has 4 heterocycles. The number of ketones is 1. The van der Waals surface area contributed by atoms with Gasteiger partial charge in [-0.15, -0.1) is 11.3 Å². The van der Waals surface area contributed by atoms with E-state index in [2.05, 4.69) is 20.2 Å². The summed E-state index contributed by atoms with van der Waals surface area (Å²) in [4.78, 5) is 47.9. The predicted molar refractivity (Wildman–Crippen MR) is 157 cm³/mol. The zero-order chi connectivity index (χ0) is 28.3. The number of likely N-dealkylation sites (tertiary alicyclic amines) is 1. The molecule has 1 aliphatic rings. The van der Waals surface area contributed by atoms with Crippen molar-refractivity contribution in [2.24, 2.45) is 0 Å². The van der Waals surface area contributed by atoms with E-state index in [1.54, 1.807) is 18.2 Å². The molecule has 0 radical (unpaired) electrons. The molecule has 2 N–H and O–H groups in total. The van der Waals surface area contributed by atoms with Crippen LogP contribution in [0.15, 0.2) is 62.5 Å². The number of piperidine rings is 1. The number of thiophene rings is 1. The van der Waals surface area contributed by atoms with Crippen molar-refractivity contribution in [3.8, 4) is 5.82 Å². The van der Waals surface area contributed by atoms with E-state index < -0.39 is 32.6 Å². The molecule has 210 valence electrons. The van der Waals surface area contributed by atoms with E-state index in [0.29, 0.717) is 20.8 Å². The number of Topliss-reactive ketones (excluding diaryl/α,β-unsaturated/α-hetero) is 1. The summed E-state index contributed by atoms with van der Waals surface area (Å²) in [6.07, 6.45) is 4.94. The second-order valence-electron chi connectivity index (χ2n) is 9.72. The number of sulfone groups is 1. The third-order valence-corrected chi connectivity index (χ3v) is 10.2. The number of aromatic nitrogens is 3. The summed E-state index contributed by atoms with van der Waals surface area (Å²) < 4.78 is 26.2. The number of carbonyl (C=O) groups excluding carboxylic acids is 1. The van der Waals surface area contributed by atoms with Crippen molar-refractivity contribution in [1.29, 1.82) is 0 Å². The van der Waals surface area contributed by atoms with Gasteiger partial charge in [0.25, 0.3) is 5.56 Å². The van der Waals surface area contributed by atoms with Crippen LogP contribution in [0.5, 0.6) is 0 Å². The summed E-state index contributed by atoms with van der Waals surface area (Å²) in [5.41, 5.74) is 0.535. The summed E-state index contributed by atoms with van der Waals surface area (Å²) in [6.45, 7) is 3.93. The first-order valence-corrected chi connectivity index (χ1v) is 15.7. The summed E-state index contributed by atoms with van der Waals surface area (Å²) in [5.74, 6) is -1.08. The van der Waals surface area contributed by atoms with Crippen LogP contribution in [0, 0.1) is 0 Å². The van der Waals surface area contributed by atoms with Gasteiger partial charge < -0.3 is 15.2 Å². The number of anilines is 1. The van der Waals surface area contributed by atoms with Gasteiger partial charge in [0.2, 0.25) is 0 Å². The average Bonchev–Trinajstić information content (AvgIpc) is 3.37. The van der Waals surface area contributed by atoms with Gasteiger partial charge in [-0.1, -0.05) is 24.1 Å². The molecule has 1 fully saturated rings. The Morgan fingerprint density at radius 1 is 1.07 bits per heavy atom. The Balaban J connectivity index is 1.27.